The van der Waals surface area contributed by atoms with Crippen molar-refractivity contribution in [3.05, 3.63) is 58.1 Å². The lowest BCUT2D eigenvalue weighted by Gasteiger charge is -1.99. The summed E-state index contributed by atoms with van der Waals surface area (Å²) in [5, 5.41) is 18.8. The molecule has 0 spiro atoms. The maximum absolute atomic E-state index is 10.8. The van der Waals surface area contributed by atoms with Gasteiger partial charge in [0.25, 0.3) is 5.69 Å². The molecule has 96 valence electrons. The second-order valence-corrected chi connectivity index (χ2v) is 4.42. The van der Waals surface area contributed by atoms with Crippen molar-refractivity contribution in [2.24, 2.45) is 10.2 Å². The van der Waals surface area contributed by atoms with Crippen LogP contribution in [0.4, 0.5) is 17.1 Å². The van der Waals surface area contributed by atoms with Gasteiger partial charge in [-0.3, -0.25) is 10.1 Å². The average molecular weight is 273 g/mol. The summed E-state index contributed by atoms with van der Waals surface area (Å²) in [4.78, 5) is 11.0. The van der Waals surface area contributed by atoms with Crippen LogP contribution < -0.4 is 0 Å². The van der Waals surface area contributed by atoms with Crippen LogP contribution in [0.5, 0.6) is 0 Å². The number of hydrogen-bond acceptors (Lipinski definition) is 5. The van der Waals surface area contributed by atoms with Crippen molar-refractivity contribution in [2.75, 3.05) is 0 Å². The molecule has 2 aromatic carbocycles. The van der Waals surface area contributed by atoms with Gasteiger partial charge in [0.15, 0.2) is 5.69 Å². The van der Waals surface area contributed by atoms with Gasteiger partial charge in [-0.1, -0.05) is 18.2 Å². The normalized spacial score (nSPS) is 10.8. The number of rotatable bonds is 3. The van der Waals surface area contributed by atoms with Gasteiger partial charge in [0, 0.05) is 11.0 Å². The molecule has 0 bridgehead atoms. The Morgan fingerprint density at radius 3 is 2.53 bits per heavy atom. The van der Waals surface area contributed by atoms with E-state index in [4.69, 9.17) is 0 Å². The molecular weight excluding hydrogens is 262 g/mol. The lowest BCUT2D eigenvalue weighted by atomic mass is 10.2. The standard InChI is InChI=1S/C13H11N3O2S/c1-9-6-7-13(19)11(8-9)15-14-10-4-2-3-5-12(10)16(17)18/h2-8,19H,1H3. The topological polar surface area (TPSA) is 67.9 Å². The molecule has 2 aromatic rings. The highest BCUT2D eigenvalue weighted by atomic mass is 32.1. The van der Waals surface area contributed by atoms with Crippen LogP contribution in [0.1, 0.15) is 5.56 Å². The third-order valence-electron chi connectivity index (χ3n) is 2.47. The minimum absolute atomic E-state index is 0.0698. The monoisotopic (exact) mass is 273 g/mol. The van der Waals surface area contributed by atoms with E-state index >= 15 is 0 Å². The number of nitro benzene ring substituents is 1. The van der Waals surface area contributed by atoms with Crippen LogP contribution in [0.25, 0.3) is 0 Å². The molecule has 0 saturated carbocycles. The maximum atomic E-state index is 10.8. The molecule has 0 heterocycles. The summed E-state index contributed by atoms with van der Waals surface area (Å²) in [6.45, 7) is 1.93. The van der Waals surface area contributed by atoms with Gasteiger partial charge in [0.2, 0.25) is 0 Å². The molecule has 0 amide bonds. The highest BCUT2D eigenvalue weighted by Crippen LogP contribution is 2.30. The second kappa shape index (κ2) is 5.62. The fraction of sp³-hybridized carbons (Fsp3) is 0.0769. The Morgan fingerprint density at radius 2 is 1.79 bits per heavy atom. The number of para-hydroxylation sites is 1. The molecule has 0 fully saturated rings. The minimum atomic E-state index is -0.480. The van der Waals surface area contributed by atoms with Crippen molar-refractivity contribution >= 4 is 29.7 Å². The first-order valence-corrected chi connectivity index (χ1v) is 5.97. The lowest BCUT2D eigenvalue weighted by Crippen LogP contribution is -1.87. The molecule has 5 nitrogen and oxygen atoms in total. The molecule has 0 radical (unpaired) electrons. The van der Waals surface area contributed by atoms with E-state index in [1.807, 2.05) is 25.1 Å². The average Bonchev–Trinajstić information content (AvgIpc) is 2.40. The Labute approximate surface area is 115 Å². The van der Waals surface area contributed by atoms with Gasteiger partial charge in [0.05, 0.1) is 10.6 Å². The fourth-order valence-electron chi connectivity index (χ4n) is 1.52. The first-order valence-electron chi connectivity index (χ1n) is 5.52. The first kappa shape index (κ1) is 13.2. The van der Waals surface area contributed by atoms with Gasteiger partial charge in [-0.2, -0.15) is 0 Å². The van der Waals surface area contributed by atoms with Gasteiger partial charge < -0.3 is 0 Å². The van der Waals surface area contributed by atoms with Crippen LogP contribution in [0.3, 0.4) is 0 Å². The van der Waals surface area contributed by atoms with E-state index in [0.717, 1.165) is 5.56 Å². The van der Waals surface area contributed by atoms with Crippen LogP contribution in [-0.2, 0) is 0 Å². The Morgan fingerprint density at radius 1 is 1.11 bits per heavy atom. The predicted molar refractivity (Wildman–Crippen MR) is 75.7 cm³/mol. The number of hydrogen-bond donors (Lipinski definition) is 1. The van der Waals surface area contributed by atoms with Crippen molar-refractivity contribution in [2.45, 2.75) is 11.8 Å². The van der Waals surface area contributed by atoms with Crippen molar-refractivity contribution in [1.82, 2.24) is 0 Å². The van der Waals surface area contributed by atoms with Crippen molar-refractivity contribution in [3.8, 4) is 0 Å². The summed E-state index contributed by atoms with van der Waals surface area (Å²) >= 11 is 4.27. The molecule has 0 atom stereocenters. The smallest absolute Gasteiger partial charge is 0.258 e. The number of nitrogens with zero attached hydrogens (tertiary/aromatic N) is 3. The Balaban J connectivity index is 2.38. The highest BCUT2D eigenvalue weighted by molar-refractivity contribution is 7.80. The van der Waals surface area contributed by atoms with Crippen LogP contribution in [0.15, 0.2) is 57.6 Å². The third-order valence-corrected chi connectivity index (χ3v) is 2.85. The van der Waals surface area contributed by atoms with E-state index in [2.05, 4.69) is 22.9 Å². The molecule has 2 rings (SSSR count). The van der Waals surface area contributed by atoms with E-state index in [9.17, 15) is 10.1 Å². The van der Waals surface area contributed by atoms with Crippen molar-refractivity contribution in [3.63, 3.8) is 0 Å². The van der Waals surface area contributed by atoms with E-state index in [-0.39, 0.29) is 11.4 Å². The van der Waals surface area contributed by atoms with E-state index in [1.165, 1.54) is 6.07 Å². The summed E-state index contributed by atoms with van der Waals surface area (Å²) < 4.78 is 0. The molecule has 0 aromatic heterocycles. The number of thiol groups is 1. The van der Waals surface area contributed by atoms with Gasteiger partial charge in [-0.15, -0.1) is 22.9 Å². The Kier molecular flexibility index (Phi) is 3.91. The Bertz CT molecular complexity index is 656. The molecule has 0 saturated heterocycles. The maximum Gasteiger partial charge on any atom is 0.296 e. The predicted octanol–water partition coefficient (Wildman–Crippen LogP) is 4.61. The largest absolute Gasteiger partial charge is 0.296 e. The van der Waals surface area contributed by atoms with Gasteiger partial charge in [-0.25, -0.2) is 0 Å². The molecule has 0 N–H and O–H groups in total. The van der Waals surface area contributed by atoms with E-state index in [0.29, 0.717) is 10.6 Å². The van der Waals surface area contributed by atoms with Gasteiger partial charge in [0.1, 0.15) is 0 Å². The summed E-state index contributed by atoms with van der Waals surface area (Å²) in [5.41, 5.74) is 1.76. The molecule has 0 aliphatic rings. The Hall–Kier alpha value is -2.21. The number of benzene rings is 2. The zero-order chi connectivity index (χ0) is 13.8. The van der Waals surface area contributed by atoms with Gasteiger partial charge in [-0.05, 0) is 30.7 Å². The summed E-state index contributed by atoms with van der Waals surface area (Å²) in [7, 11) is 0. The highest BCUT2D eigenvalue weighted by Gasteiger charge is 2.11. The second-order valence-electron chi connectivity index (χ2n) is 3.94. The zero-order valence-corrected chi connectivity index (χ0v) is 11.0. The molecule has 0 aliphatic carbocycles. The van der Waals surface area contributed by atoms with E-state index < -0.39 is 4.92 Å². The first-order chi connectivity index (χ1) is 9.08. The molecule has 19 heavy (non-hydrogen) atoms. The summed E-state index contributed by atoms with van der Waals surface area (Å²) in [6.07, 6.45) is 0. The minimum Gasteiger partial charge on any atom is -0.258 e. The quantitative estimate of drug-likeness (QED) is 0.384. The summed E-state index contributed by atoms with van der Waals surface area (Å²) in [6, 6.07) is 11.8. The number of azo groups is 1. The lowest BCUT2D eigenvalue weighted by molar-refractivity contribution is -0.384. The number of nitro groups is 1. The molecule has 6 heteroatoms. The fourth-order valence-corrected chi connectivity index (χ4v) is 1.71. The molecule has 0 aliphatic heterocycles. The van der Waals surface area contributed by atoms with Crippen LogP contribution in [0, 0.1) is 17.0 Å². The number of aryl methyl sites for hydroxylation is 1. The molecule has 0 unspecified atom stereocenters. The molecular formula is C13H11N3O2S. The van der Waals surface area contributed by atoms with Gasteiger partial charge >= 0.3 is 0 Å². The van der Waals surface area contributed by atoms with Crippen LogP contribution in [0.2, 0.25) is 0 Å². The van der Waals surface area contributed by atoms with Crippen LogP contribution >= 0.6 is 12.6 Å². The third kappa shape index (κ3) is 3.17. The SMILES string of the molecule is Cc1ccc(S)c(N=Nc2ccccc2[N+](=O)[O-])c1. The summed E-state index contributed by atoms with van der Waals surface area (Å²) in [5.74, 6) is 0. The van der Waals surface area contributed by atoms with Crippen molar-refractivity contribution in [1.29, 1.82) is 0 Å². The van der Waals surface area contributed by atoms with E-state index in [1.54, 1.807) is 18.2 Å². The zero-order valence-electron chi connectivity index (χ0n) is 10.1. The van der Waals surface area contributed by atoms with Crippen LogP contribution in [-0.4, -0.2) is 4.92 Å². The van der Waals surface area contributed by atoms with Crippen molar-refractivity contribution < 1.29 is 4.92 Å².